The highest BCUT2D eigenvalue weighted by atomic mass is 35.5. The van der Waals surface area contributed by atoms with E-state index in [2.05, 4.69) is 4.74 Å². The van der Waals surface area contributed by atoms with Crippen molar-refractivity contribution in [2.24, 2.45) is 0 Å². The van der Waals surface area contributed by atoms with Gasteiger partial charge in [-0.15, -0.1) is 0 Å². The normalized spacial score (nSPS) is 10.0. The van der Waals surface area contributed by atoms with Crippen LogP contribution in [0.5, 0.6) is 5.75 Å². The maximum absolute atomic E-state index is 11.2. The quantitative estimate of drug-likeness (QED) is 0.619. The van der Waals surface area contributed by atoms with Gasteiger partial charge in [0.25, 0.3) is 0 Å². The molecule has 1 aromatic rings. The number of aromatic hydroxyl groups is 1. The van der Waals surface area contributed by atoms with Crippen molar-refractivity contribution in [3.63, 3.8) is 0 Å². The van der Waals surface area contributed by atoms with E-state index in [0.29, 0.717) is 0 Å². The van der Waals surface area contributed by atoms with Crippen molar-refractivity contribution in [1.82, 2.24) is 0 Å². The van der Waals surface area contributed by atoms with Crippen LogP contribution in [0.3, 0.4) is 0 Å². The van der Waals surface area contributed by atoms with Crippen LogP contribution in [0.2, 0.25) is 15.1 Å². The number of hydrogen-bond donors (Lipinski definition) is 1. The summed E-state index contributed by atoms with van der Waals surface area (Å²) < 4.78 is 4.41. The van der Waals surface area contributed by atoms with Gasteiger partial charge in [0.1, 0.15) is 11.3 Å². The average Bonchev–Trinajstić information content (AvgIpc) is 2.15. The fourth-order valence-electron chi connectivity index (χ4n) is 0.874. The minimum absolute atomic E-state index is 0.0557. The fraction of sp³-hybridized carbons (Fsp3) is 0.125. The van der Waals surface area contributed by atoms with Gasteiger partial charge in [-0.05, 0) is 6.07 Å². The Bertz CT molecular complexity index is 364. The molecule has 1 N–H and O–H groups in total. The van der Waals surface area contributed by atoms with Gasteiger partial charge < -0.3 is 9.84 Å². The molecule has 0 unspecified atom stereocenters. The molecule has 14 heavy (non-hydrogen) atoms. The van der Waals surface area contributed by atoms with E-state index < -0.39 is 11.7 Å². The standard InChI is InChI=1S/C8H5Cl3O3/c1-14-8(13)5-6(11)3(9)2-4(10)7(5)12/h2,12H,1H3. The molecule has 0 bridgehead atoms. The Morgan fingerprint density at radius 1 is 1.36 bits per heavy atom. The van der Waals surface area contributed by atoms with Gasteiger partial charge in [0.05, 0.1) is 22.2 Å². The summed E-state index contributed by atoms with van der Waals surface area (Å²) in [5.74, 6) is -1.23. The van der Waals surface area contributed by atoms with Gasteiger partial charge in [-0.2, -0.15) is 0 Å². The van der Waals surface area contributed by atoms with E-state index in [0.717, 1.165) is 7.11 Å². The highest BCUT2D eigenvalue weighted by molar-refractivity contribution is 6.45. The zero-order valence-corrected chi connectivity index (χ0v) is 9.24. The zero-order chi connectivity index (χ0) is 10.9. The van der Waals surface area contributed by atoms with Crippen molar-refractivity contribution >= 4 is 40.8 Å². The van der Waals surface area contributed by atoms with Gasteiger partial charge in [0, 0.05) is 0 Å². The van der Waals surface area contributed by atoms with E-state index >= 15 is 0 Å². The summed E-state index contributed by atoms with van der Waals surface area (Å²) in [6, 6.07) is 1.24. The van der Waals surface area contributed by atoms with Crippen molar-refractivity contribution < 1.29 is 14.6 Å². The second-order valence-corrected chi connectivity index (χ2v) is 3.56. The summed E-state index contributed by atoms with van der Waals surface area (Å²) in [6.45, 7) is 0. The van der Waals surface area contributed by atoms with Crippen molar-refractivity contribution in [2.75, 3.05) is 7.11 Å². The van der Waals surface area contributed by atoms with Crippen molar-refractivity contribution in [1.29, 1.82) is 0 Å². The molecule has 0 amide bonds. The predicted octanol–water partition coefficient (Wildman–Crippen LogP) is 3.14. The number of hydrogen-bond acceptors (Lipinski definition) is 3. The predicted molar refractivity (Wildman–Crippen MR) is 54.5 cm³/mol. The first-order valence-corrected chi connectivity index (χ1v) is 4.57. The van der Waals surface area contributed by atoms with Crippen molar-refractivity contribution in [3.8, 4) is 5.75 Å². The van der Waals surface area contributed by atoms with Crippen molar-refractivity contribution in [2.45, 2.75) is 0 Å². The molecule has 3 nitrogen and oxygen atoms in total. The SMILES string of the molecule is COC(=O)c1c(O)c(Cl)cc(Cl)c1Cl. The van der Waals surface area contributed by atoms with Crippen LogP contribution in [0.25, 0.3) is 0 Å². The summed E-state index contributed by atoms with van der Waals surface area (Å²) in [7, 11) is 1.16. The lowest BCUT2D eigenvalue weighted by Gasteiger charge is -2.07. The fourth-order valence-corrected chi connectivity index (χ4v) is 1.56. The van der Waals surface area contributed by atoms with Gasteiger partial charge in [-0.1, -0.05) is 34.8 Å². The highest BCUT2D eigenvalue weighted by Crippen LogP contribution is 2.38. The lowest BCUT2D eigenvalue weighted by molar-refractivity contribution is 0.0597. The lowest BCUT2D eigenvalue weighted by Crippen LogP contribution is -2.03. The van der Waals surface area contributed by atoms with Crippen LogP contribution < -0.4 is 0 Å². The highest BCUT2D eigenvalue weighted by Gasteiger charge is 2.21. The third kappa shape index (κ3) is 1.90. The number of phenols is 1. The molecule has 0 saturated carbocycles. The number of esters is 1. The minimum atomic E-state index is -0.795. The number of benzene rings is 1. The summed E-state index contributed by atoms with van der Waals surface area (Å²) in [6.07, 6.45) is 0. The van der Waals surface area contributed by atoms with Crippen LogP contribution >= 0.6 is 34.8 Å². The first-order chi connectivity index (χ1) is 6.49. The molecule has 0 fully saturated rings. The molecule has 76 valence electrons. The molecule has 0 radical (unpaired) electrons. The molecule has 0 heterocycles. The molecular weight excluding hydrogens is 250 g/mol. The summed E-state index contributed by atoms with van der Waals surface area (Å²) >= 11 is 16.9. The van der Waals surface area contributed by atoms with Crippen LogP contribution in [-0.4, -0.2) is 18.2 Å². The molecule has 0 spiro atoms. The maximum Gasteiger partial charge on any atom is 0.343 e. The second-order valence-electron chi connectivity index (χ2n) is 2.37. The van der Waals surface area contributed by atoms with E-state index in [4.69, 9.17) is 34.8 Å². The Morgan fingerprint density at radius 2 is 1.93 bits per heavy atom. The van der Waals surface area contributed by atoms with Gasteiger partial charge in [0.15, 0.2) is 0 Å². The monoisotopic (exact) mass is 254 g/mol. The zero-order valence-electron chi connectivity index (χ0n) is 6.97. The van der Waals surface area contributed by atoms with E-state index in [1.54, 1.807) is 0 Å². The number of rotatable bonds is 1. The summed E-state index contributed by atoms with van der Waals surface area (Å²) in [4.78, 5) is 11.2. The third-order valence-corrected chi connectivity index (χ3v) is 2.61. The Morgan fingerprint density at radius 3 is 2.43 bits per heavy atom. The van der Waals surface area contributed by atoms with E-state index in [1.807, 2.05) is 0 Å². The Hall–Kier alpha value is -0.640. The molecule has 0 atom stereocenters. The van der Waals surface area contributed by atoms with Crippen LogP contribution in [0.4, 0.5) is 0 Å². The average molecular weight is 255 g/mol. The van der Waals surface area contributed by atoms with Crippen molar-refractivity contribution in [3.05, 3.63) is 26.7 Å². The molecular formula is C8H5Cl3O3. The Balaban J connectivity index is 3.47. The number of halogens is 3. The largest absolute Gasteiger partial charge is 0.505 e. The van der Waals surface area contributed by atoms with Gasteiger partial charge in [-0.25, -0.2) is 4.79 Å². The van der Waals surface area contributed by atoms with Gasteiger partial charge >= 0.3 is 5.97 Å². The van der Waals surface area contributed by atoms with Crippen LogP contribution in [0.15, 0.2) is 6.07 Å². The molecule has 0 saturated heterocycles. The molecule has 0 aliphatic rings. The summed E-state index contributed by atoms with van der Waals surface area (Å²) in [5, 5.41) is 9.37. The first-order valence-electron chi connectivity index (χ1n) is 3.43. The topological polar surface area (TPSA) is 46.5 Å². The van der Waals surface area contributed by atoms with Crippen LogP contribution in [0.1, 0.15) is 10.4 Å². The maximum atomic E-state index is 11.2. The third-order valence-electron chi connectivity index (χ3n) is 1.54. The lowest BCUT2D eigenvalue weighted by atomic mass is 10.2. The van der Waals surface area contributed by atoms with Crippen LogP contribution in [-0.2, 0) is 4.74 Å². The molecule has 6 heteroatoms. The molecule has 1 rings (SSSR count). The Labute approximate surface area is 95.1 Å². The second kappa shape index (κ2) is 4.26. The molecule has 0 aromatic heterocycles. The smallest absolute Gasteiger partial charge is 0.343 e. The summed E-state index contributed by atoms with van der Waals surface area (Å²) in [5.41, 5.74) is -0.230. The number of carbonyl (C=O) groups is 1. The van der Waals surface area contributed by atoms with Gasteiger partial charge in [-0.3, -0.25) is 0 Å². The Kier molecular flexibility index (Phi) is 3.48. The number of phenolic OH excluding ortho intramolecular Hbond substituents is 1. The van der Waals surface area contributed by atoms with E-state index in [-0.39, 0.29) is 20.6 Å². The number of methoxy groups -OCH3 is 1. The first kappa shape index (κ1) is 11.4. The minimum Gasteiger partial charge on any atom is -0.505 e. The van der Waals surface area contributed by atoms with E-state index in [9.17, 15) is 9.90 Å². The number of carbonyl (C=O) groups excluding carboxylic acids is 1. The van der Waals surface area contributed by atoms with Crippen LogP contribution in [0, 0.1) is 0 Å². The molecule has 0 aliphatic carbocycles. The van der Waals surface area contributed by atoms with E-state index in [1.165, 1.54) is 6.07 Å². The molecule has 1 aromatic carbocycles. The molecule has 0 aliphatic heterocycles. The van der Waals surface area contributed by atoms with Gasteiger partial charge in [0.2, 0.25) is 0 Å². The number of ether oxygens (including phenoxy) is 1.